The van der Waals surface area contributed by atoms with Crippen LogP contribution in [0.15, 0.2) is 42.5 Å². The Hall–Kier alpha value is -2.43. The number of carbonyl (C=O) groups excluding carboxylic acids is 1. The Bertz CT molecular complexity index is 618. The summed E-state index contributed by atoms with van der Waals surface area (Å²) in [6, 6.07) is 6.20. The normalized spacial score (nSPS) is 25.3. The molecule has 1 aromatic carbocycles. The Labute approximate surface area is 123 Å². The molecule has 0 bridgehead atoms. The summed E-state index contributed by atoms with van der Waals surface area (Å²) >= 11 is 0. The number of nitro groups is 1. The van der Waals surface area contributed by atoms with Crippen LogP contribution in [0.25, 0.3) is 6.08 Å². The summed E-state index contributed by atoms with van der Waals surface area (Å²) < 4.78 is 5.33. The van der Waals surface area contributed by atoms with E-state index in [-0.39, 0.29) is 17.8 Å². The van der Waals surface area contributed by atoms with Gasteiger partial charge in [-0.25, -0.2) is 4.79 Å². The molecule has 0 spiro atoms. The van der Waals surface area contributed by atoms with Crippen LogP contribution >= 0.6 is 0 Å². The van der Waals surface area contributed by atoms with Gasteiger partial charge in [0, 0.05) is 23.1 Å². The van der Waals surface area contributed by atoms with Gasteiger partial charge >= 0.3 is 5.97 Å². The van der Waals surface area contributed by atoms with Crippen molar-refractivity contribution in [3.05, 3.63) is 58.2 Å². The van der Waals surface area contributed by atoms with Crippen LogP contribution in [0.1, 0.15) is 25.8 Å². The Morgan fingerprint density at radius 1 is 1.43 bits per heavy atom. The number of ether oxygens (including phenoxy) is 1. The molecule has 1 heterocycles. The van der Waals surface area contributed by atoms with E-state index in [0.29, 0.717) is 5.57 Å². The van der Waals surface area contributed by atoms with Crippen molar-refractivity contribution in [1.29, 1.82) is 0 Å². The molecule has 0 aliphatic carbocycles. The van der Waals surface area contributed by atoms with Crippen molar-refractivity contribution in [2.45, 2.75) is 26.4 Å². The minimum Gasteiger partial charge on any atom is -0.454 e. The van der Waals surface area contributed by atoms with E-state index in [0.717, 1.165) is 12.0 Å². The highest BCUT2D eigenvalue weighted by Gasteiger charge is 2.46. The molecule has 2 rings (SSSR count). The first-order valence-electron chi connectivity index (χ1n) is 6.71. The van der Waals surface area contributed by atoms with Crippen LogP contribution in [0.4, 0.5) is 5.69 Å². The zero-order valence-corrected chi connectivity index (χ0v) is 12.0. The molecule has 0 amide bonds. The average Bonchev–Trinajstić information content (AvgIpc) is 2.70. The number of rotatable bonds is 4. The highest BCUT2D eigenvalue weighted by atomic mass is 16.6. The van der Waals surface area contributed by atoms with Crippen LogP contribution in [-0.2, 0) is 9.53 Å². The molecule has 1 aliphatic heterocycles. The molecular weight excluding hydrogens is 270 g/mol. The van der Waals surface area contributed by atoms with Gasteiger partial charge in [0.25, 0.3) is 5.69 Å². The molecule has 5 nitrogen and oxygen atoms in total. The van der Waals surface area contributed by atoms with Crippen molar-refractivity contribution in [2.24, 2.45) is 5.41 Å². The minimum atomic E-state index is -0.440. The Morgan fingerprint density at radius 3 is 2.57 bits per heavy atom. The predicted molar refractivity (Wildman–Crippen MR) is 79.5 cm³/mol. The van der Waals surface area contributed by atoms with Gasteiger partial charge in [0.2, 0.25) is 0 Å². The van der Waals surface area contributed by atoms with Crippen molar-refractivity contribution in [3.8, 4) is 0 Å². The highest BCUT2D eigenvalue weighted by molar-refractivity contribution is 5.92. The number of carbonyl (C=O) groups is 1. The molecule has 21 heavy (non-hydrogen) atoms. The molecular formula is C16H17NO4. The summed E-state index contributed by atoms with van der Waals surface area (Å²) in [5, 5.41) is 10.6. The summed E-state index contributed by atoms with van der Waals surface area (Å²) in [7, 11) is 0. The third kappa shape index (κ3) is 2.72. The lowest BCUT2D eigenvalue weighted by Gasteiger charge is -2.25. The third-order valence-corrected chi connectivity index (χ3v) is 4.10. The standard InChI is InChI=1S/C16H17NO4/c1-4-16(3)11(2)15(18)21-14(16)10-7-12-5-8-13(9-6-12)17(19)20/h5-10,14H,2,4H2,1,3H3/b10-7+/t14-,16+/m0/s1. The molecule has 0 saturated carbocycles. The van der Waals surface area contributed by atoms with Gasteiger partial charge in [0.05, 0.1) is 4.92 Å². The quantitative estimate of drug-likeness (QED) is 0.368. The number of cyclic esters (lactones) is 1. The van der Waals surface area contributed by atoms with Gasteiger partial charge in [-0.2, -0.15) is 0 Å². The van der Waals surface area contributed by atoms with E-state index in [2.05, 4.69) is 6.58 Å². The summed E-state index contributed by atoms with van der Waals surface area (Å²) in [6.07, 6.45) is 3.99. The second-order valence-electron chi connectivity index (χ2n) is 5.28. The maximum atomic E-state index is 11.7. The number of nitro benzene ring substituents is 1. The monoisotopic (exact) mass is 287 g/mol. The van der Waals surface area contributed by atoms with Gasteiger partial charge < -0.3 is 4.74 Å². The molecule has 0 N–H and O–H groups in total. The van der Waals surface area contributed by atoms with Gasteiger partial charge in [-0.3, -0.25) is 10.1 Å². The maximum Gasteiger partial charge on any atom is 0.334 e. The lowest BCUT2D eigenvalue weighted by atomic mass is 9.77. The molecule has 1 aliphatic rings. The predicted octanol–water partition coefficient (Wildman–Crippen LogP) is 3.51. The van der Waals surface area contributed by atoms with Gasteiger partial charge in [0.1, 0.15) is 6.10 Å². The fourth-order valence-corrected chi connectivity index (χ4v) is 2.29. The molecule has 5 heteroatoms. The smallest absolute Gasteiger partial charge is 0.334 e. The van der Waals surface area contributed by atoms with Crippen LogP contribution in [0.2, 0.25) is 0 Å². The lowest BCUT2D eigenvalue weighted by molar-refractivity contribution is -0.384. The molecule has 0 radical (unpaired) electrons. The van der Waals surface area contributed by atoms with E-state index in [9.17, 15) is 14.9 Å². The first-order valence-corrected chi connectivity index (χ1v) is 6.71. The number of non-ortho nitro benzene ring substituents is 1. The summed E-state index contributed by atoms with van der Waals surface area (Å²) in [4.78, 5) is 21.8. The van der Waals surface area contributed by atoms with Crippen LogP contribution < -0.4 is 0 Å². The van der Waals surface area contributed by atoms with E-state index in [1.807, 2.05) is 13.8 Å². The zero-order valence-electron chi connectivity index (χ0n) is 12.0. The molecule has 1 fully saturated rings. The van der Waals surface area contributed by atoms with Gasteiger partial charge in [-0.15, -0.1) is 0 Å². The van der Waals surface area contributed by atoms with E-state index in [1.54, 1.807) is 24.3 Å². The molecule has 110 valence electrons. The number of nitrogens with zero attached hydrogens (tertiary/aromatic N) is 1. The first kappa shape index (κ1) is 15.0. The molecule has 1 aromatic rings. The minimum absolute atomic E-state index is 0.0474. The SMILES string of the molecule is C=C1C(=O)O[C@@H](/C=C/c2ccc([N+](=O)[O-])cc2)[C@]1(C)CC. The molecule has 0 aromatic heterocycles. The van der Waals surface area contributed by atoms with E-state index in [1.165, 1.54) is 12.1 Å². The fourth-order valence-electron chi connectivity index (χ4n) is 2.29. The van der Waals surface area contributed by atoms with Gasteiger partial charge in [-0.1, -0.05) is 26.5 Å². The van der Waals surface area contributed by atoms with Gasteiger partial charge in [0.15, 0.2) is 0 Å². The van der Waals surface area contributed by atoms with Crippen LogP contribution in [0.3, 0.4) is 0 Å². The lowest BCUT2D eigenvalue weighted by Crippen LogP contribution is -2.26. The Balaban J connectivity index is 2.19. The topological polar surface area (TPSA) is 69.4 Å². The van der Waals surface area contributed by atoms with Crippen molar-refractivity contribution >= 4 is 17.7 Å². The largest absolute Gasteiger partial charge is 0.454 e. The molecule has 0 unspecified atom stereocenters. The zero-order chi connectivity index (χ0) is 15.6. The third-order valence-electron chi connectivity index (χ3n) is 4.10. The number of esters is 1. The number of hydrogen-bond acceptors (Lipinski definition) is 4. The Morgan fingerprint density at radius 2 is 2.05 bits per heavy atom. The second-order valence-corrected chi connectivity index (χ2v) is 5.28. The number of benzene rings is 1. The summed E-state index contributed by atoms with van der Waals surface area (Å²) in [5.74, 6) is -0.363. The van der Waals surface area contributed by atoms with Crippen molar-refractivity contribution in [2.75, 3.05) is 0 Å². The Kier molecular flexibility index (Phi) is 3.93. The van der Waals surface area contributed by atoms with E-state index >= 15 is 0 Å². The van der Waals surface area contributed by atoms with Crippen molar-refractivity contribution in [1.82, 2.24) is 0 Å². The second kappa shape index (κ2) is 5.52. The van der Waals surface area contributed by atoms with Gasteiger partial charge in [-0.05, 0) is 30.2 Å². The molecule has 1 saturated heterocycles. The highest BCUT2D eigenvalue weighted by Crippen LogP contribution is 2.42. The molecule has 2 atom stereocenters. The van der Waals surface area contributed by atoms with Crippen molar-refractivity contribution in [3.63, 3.8) is 0 Å². The summed E-state index contributed by atoms with van der Waals surface area (Å²) in [6.45, 7) is 7.75. The van der Waals surface area contributed by atoms with Crippen LogP contribution in [0, 0.1) is 15.5 Å². The van der Waals surface area contributed by atoms with E-state index < -0.39 is 10.3 Å². The fraction of sp³-hybridized carbons (Fsp3) is 0.312. The summed E-state index contributed by atoms with van der Waals surface area (Å²) in [5.41, 5.74) is 0.941. The maximum absolute atomic E-state index is 11.7. The number of hydrogen-bond donors (Lipinski definition) is 0. The van der Waals surface area contributed by atoms with E-state index in [4.69, 9.17) is 4.74 Å². The average molecular weight is 287 g/mol. The van der Waals surface area contributed by atoms with Crippen LogP contribution in [-0.4, -0.2) is 17.0 Å². The van der Waals surface area contributed by atoms with Crippen molar-refractivity contribution < 1.29 is 14.5 Å². The first-order chi connectivity index (χ1) is 9.88. The van der Waals surface area contributed by atoms with Crippen LogP contribution in [0.5, 0.6) is 0 Å².